The van der Waals surface area contributed by atoms with Crippen LogP contribution in [0.5, 0.6) is 0 Å². The molecule has 0 amide bonds. The van der Waals surface area contributed by atoms with Gasteiger partial charge in [0.25, 0.3) is 0 Å². The summed E-state index contributed by atoms with van der Waals surface area (Å²) in [6.45, 7) is 48.3. The van der Waals surface area contributed by atoms with Gasteiger partial charge >= 0.3 is 114 Å². The topological polar surface area (TPSA) is 364 Å². The summed E-state index contributed by atoms with van der Waals surface area (Å²) in [6.07, 6.45) is 6.08. The summed E-state index contributed by atoms with van der Waals surface area (Å²) in [7, 11) is -3.37. The molecule has 3 fully saturated rings. The molecule has 0 aromatic heterocycles. The molecule has 3 heterocycles. The van der Waals surface area contributed by atoms with Crippen molar-refractivity contribution >= 4 is 135 Å². The van der Waals surface area contributed by atoms with Crippen LogP contribution < -0.4 is 63.7 Å². The van der Waals surface area contributed by atoms with E-state index in [-0.39, 0.29) is 153 Å². The summed E-state index contributed by atoms with van der Waals surface area (Å²) in [5.41, 5.74) is 0. The Hall–Kier alpha value is -8.73. The SMILES string of the molecule is CC1(C)O[C@H](CP(c2ccccc2)c2ccccc2)[C@@H](CP(c2ccccc2)c2ccccc2)O1.CC1(C)O[C@H](CP(c2ccccc2)c2ccccc2)[C@@H](CP(c2ccccc2)c2ccccc2)O1.CC1(C)O[C@H](CP(c2ccccc2)c2ccccc2)[C@@H](CP(c2ccccc2)c2ccccc2)O1.O=C(O)CCCC(=O)O.O=C(O)CCCC(=O)O.[C-]#[O+].[C-]#[O+].[C-]#[O+].[C-]#[O+].[C-]#[O+].[C-]#[O+].[C-]#[O+].[C-]#[O+].[Ru].[Ru].[Ru].[Ru]. The van der Waals surface area contributed by atoms with Crippen molar-refractivity contribution in [2.45, 2.75) is 134 Å². The van der Waals surface area contributed by atoms with Crippen molar-refractivity contribution in [1.82, 2.24) is 0 Å². The van der Waals surface area contributed by atoms with Crippen molar-refractivity contribution in [1.29, 1.82) is 0 Å². The van der Waals surface area contributed by atoms with Gasteiger partial charge in [-0.15, -0.1) is 0 Å². The Kier molecular flexibility index (Phi) is 75.8. The standard InChI is InChI=1S/3C31H32O2P2.2C5H8O4.8CO.4Ru/c3*1-31(2)32-29(23-34(25-15-7-3-8-16-25)26-17-9-4-10-18-26)30(33-31)24-35(27-19-11-5-12-20-27)28-21-13-6-14-22-28;2*6-4(7)2-1-3-5(8)9;8*1-2;;;;/h3*3-22,29-30H,23-24H2,1-2H3;2*1-3H2,(H,6,7)(H,8,9);;;;;;;;;;;;/t3*29-,30-;;;;;;;;;;;;;;/m111............../s1. The van der Waals surface area contributed by atoms with E-state index in [1.165, 1.54) is 63.7 Å². The van der Waals surface area contributed by atoms with Crippen molar-refractivity contribution in [3.63, 3.8) is 0 Å². The molecule has 0 saturated carbocycles. The molecule has 3 aliphatic heterocycles. The van der Waals surface area contributed by atoms with Gasteiger partial charge in [-0.05, 0) is 166 Å². The van der Waals surface area contributed by atoms with Crippen LogP contribution in [0.1, 0.15) is 80.1 Å². The Morgan fingerprint density at radius 3 is 0.364 bits per heavy atom. The van der Waals surface area contributed by atoms with Gasteiger partial charge in [0.15, 0.2) is 17.4 Å². The fourth-order valence-corrected chi connectivity index (χ4v) is 29.7. The molecular formula is C111H112O22P6Ru4. The maximum atomic E-state index is 9.79. The van der Waals surface area contributed by atoms with Gasteiger partial charge in [0.05, 0.1) is 36.6 Å². The van der Waals surface area contributed by atoms with Gasteiger partial charge in [-0.1, -0.05) is 364 Å². The average molecular weight is 2390 g/mol. The summed E-state index contributed by atoms with van der Waals surface area (Å²) >= 11 is 0. The van der Waals surface area contributed by atoms with Crippen molar-refractivity contribution in [3.8, 4) is 0 Å². The number of carboxylic acids is 4. The van der Waals surface area contributed by atoms with E-state index in [1.54, 1.807) is 0 Å². The minimum Gasteiger partial charge on any atom is 0 e. The molecule has 12 aromatic carbocycles. The van der Waals surface area contributed by atoms with Gasteiger partial charge in [-0.25, -0.2) is 0 Å². The van der Waals surface area contributed by atoms with E-state index in [9.17, 15) is 19.2 Å². The molecule has 0 unspecified atom stereocenters. The molecule has 15 rings (SSSR count). The number of ether oxygens (including phenoxy) is 6. The predicted molar refractivity (Wildman–Crippen MR) is 545 cm³/mol. The van der Waals surface area contributed by atoms with Crippen molar-refractivity contribution in [2.75, 3.05) is 37.0 Å². The van der Waals surface area contributed by atoms with Gasteiger partial charge in [0, 0.05) is 141 Å². The third-order valence-electron chi connectivity index (χ3n) is 20.4. The number of aliphatic carboxylic acids is 4. The average Bonchev–Trinajstić information content (AvgIpc) is 1.66. The Morgan fingerprint density at radius 1 is 0.203 bits per heavy atom. The fourth-order valence-electron chi connectivity index (χ4n) is 15.0. The maximum absolute atomic E-state index is 9.79. The second kappa shape index (κ2) is 79.5. The zero-order valence-electron chi connectivity index (χ0n) is 79.3. The number of hydrogen-bond donors (Lipinski definition) is 4. The van der Waals surface area contributed by atoms with Gasteiger partial charge in [0.2, 0.25) is 0 Å². The largest absolute Gasteiger partial charge is 0 e. The molecule has 3 aliphatic rings. The van der Waals surface area contributed by atoms with E-state index < -0.39 is 88.8 Å². The number of hydrogen-bond acceptors (Lipinski definition) is 10. The smallest absolute Gasteiger partial charge is 0 e. The van der Waals surface area contributed by atoms with Gasteiger partial charge < -0.3 is 48.8 Å². The second-order valence-corrected chi connectivity index (χ2v) is 44.6. The van der Waals surface area contributed by atoms with E-state index >= 15 is 0 Å². The Balaban J connectivity index is 0. The summed E-state index contributed by atoms with van der Waals surface area (Å²) in [6, 6.07) is 131. The first kappa shape index (κ1) is 136. The third kappa shape index (κ3) is 50.5. The first-order chi connectivity index (χ1) is 67.5. The molecule has 4 N–H and O–H groups in total. The van der Waals surface area contributed by atoms with Crippen LogP contribution in [0.4, 0.5) is 0 Å². The second-order valence-electron chi connectivity index (χ2n) is 31.1. The van der Waals surface area contributed by atoms with E-state index in [2.05, 4.69) is 459 Å². The summed E-state index contributed by atoms with van der Waals surface area (Å²) < 4.78 is 99.7. The van der Waals surface area contributed by atoms with Crippen LogP contribution in [0, 0.1) is 53.2 Å². The fraction of sp³-hybridized carbons (Fsp3) is 0.243. The van der Waals surface area contributed by atoms with Crippen molar-refractivity contribution < 1.29 is 183 Å². The number of carbonyl (C=O) groups is 4. The van der Waals surface area contributed by atoms with Crippen LogP contribution in [0.3, 0.4) is 0 Å². The molecule has 12 aromatic rings. The molecule has 3 saturated heterocycles. The predicted octanol–water partition coefficient (Wildman–Crippen LogP) is 17.7. The van der Waals surface area contributed by atoms with Crippen molar-refractivity contribution in [3.05, 3.63) is 417 Å². The van der Waals surface area contributed by atoms with Crippen molar-refractivity contribution in [2.24, 2.45) is 0 Å². The molecular weight excluding hydrogens is 2280 g/mol. The van der Waals surface area contributed by atoms with Crippen LogP contribution in [0.15, 0.2) is 364 Å². The monoisotopic (exact) mass is 2390 g/mol. The minimum absolute atomic E-state index is 0. The Labute approximate surface area is 898 Å². The summed E-state index contributed by atoms with van der Waals surface area (Å²) in [4.78, 5) is 39.2. The molecule has 750 valence electrons. The van der Waals surface area contributed by atoms with E-state index in [0.29, 0.717) is 0 Å². The number of rotatable bonds is 32. The van der Waals surface area contributed by atoms with Crippen LogP contribution in [-0.2, 0) is 163 Å². The molecule has 0 bridgehead atoms. The zero-order valence-corrected chi connectivity index (χ0v) is 91.6. The summed E-state index contributed by atoms with van der Waals surface area (Å²) in [5, 5.41) is 48.7. The normalized spacial score (nSPS) is 15.4. The maximum Gasteiger partial charge on any atom is 0 e. The molecule has 22 nitrogen and oxygen atoms in total. The molecule has 143 heavy (non-hydrogen) atoms. The van der Waals surface area contributed by atoms with E-state index in [4.69, 9.17) is 86.1 Å². The molecule has 32 heteroatoms. The first-order valence-electron chi connectivity index (χ1n) is 43.4. The Morgan fingerprint density at radius 2 is 0.287 bits per heavy atom. The molecule has 0 aliphatic carbocycles. The van der Waals surface area contributed by atoms with Crippen LogP contribution in [0.25, 0.3) is 0 Å². The van der Waals surface area contributed by atoms with Gasteiger partial charge in [-0.3, -0.25) is 19.2 Å². The number of benzene rings is 12. The quantitative estimate of drug-likeness (QED) is 0.0132. The van der Waals surface area contributed by atoms with Crippen LogP contribution in [0.2, 0.25) is 0 Å². The van der Waals surface area contributed by atoms with Crippen LogP contribution >= 0.6 is 47.5 Å². The molecule has 0 radical (unpaired) electrons. The number of carboxylic acid groups (broad SMARTS) is 4. The summed E-state index contributed by atoms with van der Waals surface area (Å²) in [5.74, 6) is -5.55. The zero-order chi connectivity index (χ0) is 103. The van der Waals surface area contributed by atoms with E-state index in [0.717, 1.165) is 37.0 Å². The van der Waals surface area contributed by atoms with Crippen LogP contribution in [-0.4, -0.2) is 135 Å². The Bertz CT molecular complexity index is 4440. The first-order valence-corrected chi connectivity index (χ1v) is 52.5. The molecule has 0 spiro atoms. The van der Waals surface area contributed by atoms with Gasteiger partial charge in [0.1, 0.15) is 0 Å². The van der Waals surface area contributed by atoms with Gasteiger partial charge in [-0.2, -0.15) is 0 Å². The van der Waals surface area contributed by atoms with E-state index in [1.807, 2.05) is 0 Å². The minimum atomic E-state index is -0.948. The molecule has 6 atom stereocenters. The third-order valence-corrected chi connectivity index (χ3v) is 35.8.